The predicted molar refractivity (Wildman–Crippen MR) is 110 cm³/mol. The van der Waals surface area contributed by atoms with Gasteiger partial charge in [-0.2, -0.15) is 0 Å². The van der Waals surface area contributed by atoms with E-state index in [2.05, 4.69) is 23.5 Å². The van der Waals surface area contributed by atoms with Gasteiger partial charge in [-0.3, -0.25) is 0 Å². The minimum absolute atomic E-state index is 0.140. The number of phenols is 1. The first kappa shape index (κ1) is 18.2. The van der Waals surface area contributed by atoms with Crippen molar-refractivity contribution in [1.82, 2.24) is 4.90 Å². The van der Waals surface area contributed by atoms with Gasteiger partial charge < -0.3 is 20.4 Å². The molecule has 4 nitrogen and oxygen atoms in total. The van der Waals surface area contributed by atoms with Gasteiger partial charge in [-0.15, -0.1) is 0 Å². The van der Waals surface area contributed by atoms with Gasteiger partial charge in [-0.05, 0) is 48.3 Å². The monoisotopic (exact) mass is 366 g/mol. The average molecular weight is 366 g/mol. The molecule has 5 heteroatoms. The van der Waals surface area contributed by atoms with E-state index in [4.69, 9.17) is 12.2 Å². The lowest BCUT2D eigenvalue weighted by atomic mass is 10.1. The smallest absolute Gasteiger partial charge is 0.173 e. The fraction of sp³-hybridized carbons (Fsp3) is 0.190. The van der Waals surface area contributed by atoms with Crippen LogP contribution in [0.15, 0.2) is 66.7 Å². The number of hydrogen-bond acceptors (Lipinski definition) is 3. The van der Waals surface area contributed by atoms with Gasteiger partial charge in [-0.25, -0.2) is 0 Å². The summed E-state index contributed by atoms with van der Waals surface area (Å²) in [6, 6.07) is 20.8. The molecule has 0 unspecified atom stereocenters. The number of nitrogens with zero attached hydrogens (tertiary/aromatic N) is 1. The van der Waals surface area contributed by atoms with Crippen molar-refractivity contribution >= 4 is 33.8 Å². The molecule has 0 saturated carbocycles. The van der Waals surface area contributed by atoms with E-state index in [1.54, 1.807) is 24.3 Å². The maximum absolute atomic E-state index is 10.5. The fourth-order valence-corrected chi connectivity index (χ4v) is 3.24. The molecule has 134 valence electrons. The van der Waals surface area contributed by atoms with Crippen LogP contribution in [0.3, 0.4) is 0 Å². The van der Waals surface area contributed by atoms with E-state index in [0.717, 1.165) is 16.5 Å². The Morgan fingerprint density at radius 3 is 2.58 bits per heavy atom. The Hall–Kier alpha value is -2.63. The van der Waals surface area contributed by atoms with E-state index in [9.17, 15) is 10.2 Å². The molecule has 3 rings (SSSR count). The largest absolute Gasteiger partial charge is 0.508 e. The summed E-state index contributed by atoms with van der Waals surface area (Å²) in [6.45, 7) is 3.00. The molecule has 0 amide bonds. The van der Waals surface area contributed by atoms with Crippen LogP contribution in [-0.4, -0.2) is 33.3 Å². The third kappa shape index (κ3) is 4.12. The van der Waals surface area contributed by atoms with Gasteiger partial charge in [-0.1, -0.05) is 48.5 Å². The summed E-state index contributed by atoms with van der Waals surface area (Å²) in [4.78, 5) is 1.91. The minimum atomic E-state index is -0.741. The van der Waals surface area contributed by atoms with Crippen molar-refractivity contribution < 1.29 is 10.2 Å². The molecule has 26 heavy (non-hydrogen) atoms. The molecule has 0 saturated heterocycles. The van der Waals surface area contributed by atoms with Gasteiger partial charge in [0, 0.05) is 17.6 Å². The van der Waals surface area contributed by atoms with Gasteiger partial charge in [0.2, 0.25) is 0 Å². The number of phenolic OH excluding ortho intramolecular Hbond substituents is 1. The molecule has 3 aromatic rings. The highest BCUT2D eigenvalue weighted by Gasteiger charge is 2.16. The second kappa shape index (κ2) is 8.17. The van der Waals surface area contributed by atoms with E-state index in [-0.39, 0.29) is 5.75 Å². The topological polar surface area (TPSA) is 55.7 Å². The highest BCUT2D eigenvalue weighted by atomic mass is 32.1. The number of likely N-dealkylation sites (N-methyl/N-ethyl adjacent to an activating group) is 1. The van der Waals surface area contributed by atoms with E-state index in [0.29, 0.717) is 23.8 Å². The van der Waals surface area contributed by atoms with Crippen molar-refractivity contribution in [1.29, 1.82) is 0 Å². The van der Waals surface area contributed by atoms with Crippen LogP contribution in [0.25, 0.3) is 10.8 Å². The van der Waals surface area contributed by atoms with Gasteiger partial charge >= 0.3 is 0 Å². The number of aliphatic hydroxyl groups is 1. The predicted octanol–water partition coefficient (Wildman–Crippen LogP) is 4.30. The molecule has 0 heterocycles. The van der Waals surface area contributed by atoms with Gasteiger partial charge in [0.25, 0.3) is 0 Å². The van der Waals surface area contributed by atoms with E-state index in [1.807, 2.05) is 36.1 Å². The highest BCUT2D eigenvalue weighted by molar-refractivity contribution is 7.80. The fourth-order valence-electron chi connectivity index (χ4n) is 2.93. The Labute approximate surface area is 158 Å². The van der Waals surface area contributed by atoms with Crippen molar-refractivity contribution in [3.05, 3.63) is 72.3 Å². The number of fused-ring (bicyclic) bond motifs is 1. The van der Waals surface area contributed by atoms with Crippen LogP contribution >= 0.6 is 12.2 Å². The Kier molecular flexibility index (Phi) is 5.71. The molecule has 0 aliphatic carbocycles. The van der Waals surface area contributed by atoms with E-state index in [1.165, 1.54) is 0 Å². The number of rotatable bonds is 5. The summed E-state index contributed by atoms with van der Waals surface area (Å²) in [6.07, 6.45) is -0.741. The average Bonchev–Trinajstić information content (AvgIpc) is 2.66. The van der Waals surface area contributed by atoms with Crippen molar-refractivity contribution in [2.45, 2.75) is 13.0 Å². The zero-order valence-electron chi connectivity index (χ0n) is 14.6. The lowest BCUT2D eigenvalue weighted by Gasteiger charge is -2.27. The second-order valence-electron chi connectivity index (χ2n) is 6.11. The number of aliphatic hydroxyl groups excluding tert-OH is 1. The molecular weight excluding hydrogens is 344 g/mol. The van der Waals surface area contributed by atoms with E-state index < -0.39 is 6.10 Å². The molecule has 0 radical (unpaired) electrons. The third-order valence-corrected chi connectivity index (χ3v) is 4.71. The van der Waals surface area contributed by atoms with Crippen LogP contribution in [0.2, 0.25) is 0 Å². The number of aromatic hydroxyl groups is 1. The number of hydrogen-bond donors (Lipinski definition) is 3. The molecule has 0 fully saturated rings. The van der Waals surface area contributed by atoms with Crippen LogP contribution in [-0.2, 0) is 0 Å². The SMILES string of the molecule is CCN(C[C@@H](O)c1cccc(O)c1)C(=S)Nc1cccc2ccccc12. The quantitative estimate of drug-likeness (QED) is 0.588. The Bertz CT molecular complexity index is 908. The summed E-state index contributed by atoms with van der Waals surface area (Å²) in [5.74, 6) is 0.140. The normalized spacial score (nSPS) is 11.9. The molecule has 0 spiro atoms. The molecule has 3 N–H and O–H groups in total. The number of thiocarbonyl (C=S) groups is 1. The maximum atomic E-state index is 10.5. The Morgan fingerprint density at radius 1 is 1.08 bits per heavy atom. The molecular formula is C21H22N2O2S. The summed E-state index contributed by atoms with van der Waals surface area (Å²) in [5.41, 5.74) is 1.61. The van der Waals surface area contributed by atoms with E-state index >= 15 is 0 Å². The van der Waals surface area contributed by atoms with Crippen LogP contribution < -0.4 is 5.32 Å². The molecule has 0 aromatic heterocycles. The third-order valence-electron chi connectivity index (χ3n) is 4.35. The van der Waals surface area contributed by atoms with Crippen molar-refractivity contribution in [2.75, 3.05) is 18.4 Å². The molecule has 3 aromatic carbocycles. The summed E-state index contributed by atoms with van der Waals surface area (Å²) in [5, 5.41) is 26.2. The van der Waals surface area contributed by atoms with Crippen molar-refractivity contribution in [3.8, 4) is 5.75 Å². The summed E-state index contributed by atoms with van der Waals surface area (Å²) in [7, 11) is 0. The number of anilines is 1. The second-order valence-corrected chi connectivity index (χ2v) is 6.49. The summed E-state index contributed by atoms with van der Waals surface area (Å²) < 4.78 is 0. The Balaban J connectivity index is 1.74. The van der Waals surface area contributed by atoms with Crippen LogP contribution in [0.1, 0.15) is 18.6 Å². The van der Waals surface area contributed by atoms with Crippen LogP contribution in [0.4, 0.5) is 5.69 Å². The van der Waals surface area contributed by atoms with Gasteiger partial charge in [0.1, 0.15) is 5.75 Å². The first-order valence-corrected chi connectivity index (χ1v) is 9.00. The van der Waals surface area contributed by atoms with Crippen LogP contribution in [0.5, 0.6) is 5.75 Å². The minimum Gasteiger partial charge on any atom is -0.508 e. The standard InChI is InChI=1S/C21H22N2O2S/c1-2-23(14-20(25)16-9-5-10-17(24)13-16)21(26)22-19-12-6-8-15-7-3-4-11-18(15)19/h3-13,20,24-25H,2,14H2,1H3,(H,22,26)/t20-/m1/s1. The number of nitrogens with one attached hydrogen (secondary N) is 1. The zero-order chi connectivity index (χ0) is 18.5. The highest BCUT2D eigenvalue weighted by Crippen LogP contribution is 2.24. The number of benzene rings is 3. The summed E-state index contributed by atoms with van der Waals surface area (Å²) >= 11 is 5.57. The van der Waals surface area contributed by atoms with Crippen molar-refractivity contribution in [3.63, 3.8) is 0 Å². The van der Waals surface area contributed by atoms with Crippen LogP contribution in [0, 0.1) is 0 Å². The van der Waals surface area contributed by atoms with Gasteiger partial charge in [0.05, 0.1) is 12.6 Å². The van der Waals surface area contributed by atoms with Gasteiger partial charge in [0.15, 0.2) is 5.11 Å². The molecule has 1 atom stereocenters. The van der Waals surface area contributed by atoms with Crippen molar-refractivity contribution in [2.24, 2.45) is 0 Å². The molecule has 0 aliphatic heterocycles. The lowest BCUT2D eigenvalue weighted by Crippen LogP contribution is -2.37. The Morgan fingerprint density at radius 2 is 1.81 bits per heavy atom. The molecule has 0 bridgehead atoms. The molecule has 0 aliphatic rings. The maximum Gasteiger partial charge on any atom is 0.173 e. The lowest BCUT2D eigenvalue weighted by molar-refractivity contribution is 0.146. The first-order chi connectivity index (χ1) is 12.6. The zero-order valence-corrected chi connectivity index (χ0v) is 15.4. The first-order valence-electron chi connectivity index (χ1n) is 8.59.